The average Bonchev–Trinajstić information content (AvgIpc) is 2.42. The maximum Gasteiger partial charge on any atom is 0.290 e. The largest absolute Gasteiger partial charge is 0.497 e. The number of benzene rings is 1. The molecule has 4 heteroatoms. The van der Waals surface area contributed by atoms with E-state index < -0.39 is 0 Å². The zero-order valence-corrected chi connectivity index (χ0v) is 10.8. The standard InChI is InChI=1S/C14H19BNO2/c1-3-4-7-13(16-15-11-17)9-12-6-5-8-14(10-12)18-2/h3,5-6,8,10-11,13,16H,1,4,7,9H2,2H3/t13-/m0/s1. The molecule has 1 aromatic carbocycles. The third-order valence-electron chi connectivity index (χ3n) is 2.74. The predicted molar refractivity (Wildman–Crippen MR) is 75.6 cm³/mol. The van der Waals surface area contributed by atoms with Crippen molar-refractivity contribution in [2.45, 2.75) is 25.3 Å². The number of rotatable bonds is 9. The lowest BCUT2D eigenvalue weighted by molar-refractivity contribution is 0.414. The van der Waals surface area contributed by atoms with Gasteiger partial charge in [0.1, 0.15) is 5.75 Å². The van der Waals surface area contributed by atoms with Crippen LogP contribution < -0.4 is 9.96 Å². The van der Waals surface area contributed by atoms with Gasteiger partial charge in [0, 0.05) is 6.04 Å². The monoisotopic (exact) mass is 244 g/mol. The van der Waals surface area contributed by atoms with Crippen molar-refractivity contribution in [3.05, 3.63) is 42.5 Å². The Morgan fingerprint density at radius 1 is 1.56 bits per heavy atom. The molecule has 0 unspecified atom stereocenters. The second-order valence-corrected chi connectivity index (χ2v) is 4.09. The molecular formula is C14H19BNO2. The van der Waals surface area contributed by atoms with Crippen molar-refractivity contribution < 1.29 is 9.53 Å². The molecule has 0 heterocycles. The number of methoxy groups -OCH3 is 1. The summed E-state index contributed by atoms with van der Waals surface area (Å²) in [5.41, 5.74) is 1.19. The summed E-state index contributed by atoms with van der Waals surface area (Å²) in [5.74, 6) is 0.856. The first-order valence-corrected chi connectivity index (χ1v) is 6.07. The van der Waals surface area contributed by atoms with Gasteiger partial charge in [-0.2, -0.15) is 0 Å². The van der Waals surface area contributed by atoms with Crippen LogP contribution in [0.2, 0.25) is 0 Å². The Hall–Kier alpha value is -1.55. The number of allylic oxidation sites excluding steroid dienone is 1. The van der Waals surface area contributed by atoms with E-state index in [-0.39, 0.29) is 6.04 Å². The maximum absolute atomic E-state index is 10.4. The van der Waals surface area contributed by atoms with Crippen molar-refractivity contribution in [1.29, 1.82) is 0 Å². The highest BCUT2D eigenvalue weighted by molar-refractivity contribution is 6.64. The van der Waals surface area contributed by atoms with Crippen LogP contribution in [0, 0.1) is 0 Å². The Balaban J connectivity index is 2.61. The molecule has 1 radical (unpaired) electrons. The van der Waals surface area contributed by atoms with E-state index in [2.05, 4.69) is 17.9 Å². The van der Waals surface area contributed by atoms with Crippen molar-refractivity contribution in [3.8, 4) is 5.75 Å². The van der Waals surface area contributed by atoms with E-state index >= 15 is 0 Å². The van der Waals surface area contributed by atoms with Crippen LogP contribution in [0.3, 0.4) is 0 Å². The molecule has 95 valence electrons. The lowest BCUT2D eigenvalue weighted by Crippen LogP contribution is -2.34. The van der Waals surface area contributed by atoms with Gasteiger partial charge >= 0.3 is 0 Å². The van der Waals surface area contributed by atoms with Crippen LogP contribution >= 0.6 is 0 Å². The van der Waals surface area contributed by atoms with E-state index in [1.807, 2.05) is 24.3 Å². The van der Waals surface area contributed by atoms with Gasteiger partial charge in [-0.15, -0.1) is 6.58 Å². The van der Waals surface area contributed by atoms with Gasteiger partial charge in [0.15, 0.2) is 0 Å². The molecule has 18 heavy (non-hydrogen) atoms. The second kappa shape index (κ2) is 8.53. The minimum atomic E-state index is 0.236. The predicted octanol–water partition coefficient (Wildman–Crippen LogP) is 1.97. The highest BCUT2D eigenvalue weighted by atomic mass is 16.5. The van der Waals surface area contributed by atoms with Crippen molar-refractivity contribution >= 4 is 13.6 Å². The fourth-order valence-electron chi connectivity index (χ4n) is 1.82. The minimum Gasteiger partial charge on any atom is -0.497 e. The molecule has 1 atom stereocenters. The van der Waals surface area contributed by atoms with Crippen molar-refractivity contribution in [3.63, 3.8) is 0 Å². The molecule has 0 bridgehead atoms. The van der Waals surface area contributed by atoms with Gasteiger partial charge in [-0.05, 0) is 37.0 Å². The highest BCUT2D eigenvalue weighted by Crippen LogP contribution is 2.15. The van der Waals surface area contributed by atoms with E-state index in [0.717, 1.165) is 31.2 Å². The van der Waals surface area contributed by atoms with E-state index in [1.165, 1.54) is 13.0 Å². The van der Waals surface area contributed by atoms with Crippen molar-refractivity contribution in [1.82, 2.24) is 5.23 Å². The average molecular weight is 244 g/mol. The second-order valence-electron chi connectivity index (χ2n) is 4.09. The summed E-state index contributed by atoms with van der Waals surface area (Å²) >= 11 is 0. The zero-order chi connectivity index (χ0) is 13.2. The summed E-state index contributed by atoms with van der Waals surface area (Å²) in [4.78, 5) is 10.4. The summed E-state index contributed by atoms with van der Waals surface area (Å²) in [6.45, 7) is 3.72. The molecule has 0 fully saturated rings. The molecule has 0 aliphatic rings. The van der Waals surface area contributed by atoms with Crippen LogP contribution in [0.4, 0.5) is 0 Å². The highest BCUT2D eigenvalue weighted by Gasteiger charge is 2.09. The summed E-state index contributed by atoms with van der Waals surface area (Å²) in [5, 5.41) is 3.11. The number of hydrogen-bond donors (Lipinski definition) is 1. The first-order chi connectivity index (χ1) is 8.80. The van der Waals surface area contributed by atoms with Gasteiger partial charge in [0.25, 0.3) is 7.41 Å². The molecular weight excluding hydrogens is 225 g/mol. The molecule has 0 saturated heterocycles. The molecule has 3 nitrogen and oxygen atoms in total. The third kappa shape index (κ3) is 5.19. The molecule has 1 N–H and O–H groups in total. The van der Waals surface area contributed by atoms with Crippen LogP contribution in [-0.2, 0) is 11.2 Å². The maximum atomic E-state index is 10.4. The summed E-state index contributed by atoms with van der Waals surface area (Å²) in [6.07, 6.45) is 5.39. The minimum absolute atomic E-state index is 0.236. The first kappa shape index (κ1) is 14.5. The topological polar surface area (TPSA) is 38.3 Å². The number of hydrogen-bond acceptors (Lipinski definition) is 3. The summed E-state index contributed by atoms with van der Waals surface area (Å²) < 4.78 is 5.20. The Kier molecular flexibility index (Phi) is 6.88. The first-order valence-electron chi connectivity index (χ1n) is 6.07. The molecule has 0 aliphatic heterocycles. The van der Waals surface area contributed by atoms with Crippen LogP contribution in [0.5, 0.6) is 5.75 Å². The zero-order valence-electron chi connectivity index (χ0n) is 10.8. The number of ether oxygens (including phenoxy) is 1. The molecule has 0 aromatic heterocycles. The Morgan fingerprint density at radius 2 is 2.39 bits per heavy atom. The Bertz CT molecular complexity index is 370. The Labute approximate surface area is 109 Å². The van der Waals surface area contributed by atoms with E-state index in [4.69, 9.17) is 4.74 Å². The van der Waals surface area contributed by atoms with E-state index in [1.54, 1.807) is 7.11 Å². The number of nitrogens with one attached hydrogen (secondary N) is 1. The fraction of sp³-hybridized carbons (Fsp3) is 0.357. The summed E-state index contributed by atoms with van der Waals surface area (Å²) in [6, 6.07) is 8.21. The molecule has 0 aliphatic carbocycles. The lowest BCUT2D eigenvalue weighted by atomic mass is 9.92. The van der Waals surface area contributed by atoms with Gasteiger partial charge in [-0.1, -0.05) is 18.2 Å². The van der Waals surface area contributed by atoms with Gasteiger partial charge in [0.05, 0.1) is 13.3 Å². The van der Waals surface area contributed by atoms with Gasteiger partial charge in [-0.25, -0.2) is 0 Å². The fourth-order valence-corrected chi connectivity index (χ4v) is 1.82. The quantitative estimate of drug-likeness (QED) is 0.410. The van der Waals surface area contributed by atoms with Gasteiger partial charge < -0.3 is 14.8 Å². The smallest absolute Gasteiger partial charge is 0.290 e. The lowest BCUT2D eigenvalue weighted by Gasteiger charge is -2.17. The molecule has 1 aromatic rings. The molecule has 0 amide bonds. The van der Waals surface area contributed by atoms with E-state index in [9.17, 15) is 4.79 Å². The SMILES string of the molecule is C=CCC[C@@H](Cc1cccc(OC)c1)N[B]C=O. The van der Waals surface area contributed by atoms with Crippen LogP contribution in [0.1, 0.15) is 18.4 Å². The van der Waals surface area contributed by atoms with E-state index in [0.29, 0.717) is 0 Å². The van der Waals surface area contributed by atoms with Crippen molar-refractivity contribution in [2.24, 2.45) is 0 Å². The molecule has 0 spiro atoms. The van der Waals surface area contributed by atoms with Crippen molar-refractivity contribution in [2.75, 3.05) is 7.11 Å². The Morgan fingerprint density at radius 3 is 3.06 bits per heavy atom. The normalized spacial score (nSPS) is 11.6. The van der Waals surface area contributed by atoms with Crippen LogP contribution in [0.15, 0.2) is 36.9 Å². The molecule has 0 saturated carbocycles. The number of carbonyl (C=O) groups excluding carboxylic acids is 1. The third-order valence-corrected chi connectivity index (χ3v) is 2.74. The molecule has 1 rings (SSSR count). The number of carbonyl (C=O) groups is 1. The summed E-state index contributed by atoms with van der Waals surface area (Å²) in [7, 11) is 3.11. The van der Waals surface area contributed by atoms with Gasteiger partial charge in [0.2, 0.25) is 0 Å². The van der Waals surface area contributed by atoms with Crippen LogP contribution in [0.25, 0.3) is 0 Å². The van der Waals surface area contributed by atoms with Gasteiger partial charge in [-0.3, -0.25) is 0 Å². The van der Waals surface area contributed by atoms with Crippen LogP contribution in [-0.4, -0.2) is 26.8 Å².